The molecule has 1 heterocycles. The topological polar surface area (TPSA) is 80.2 Å². The summed E-state index contributed by atoms with van der Waals surface area (Å²) in [7, 11) is 1.71. The molecule has 1 saturated carbocycles. The Hall–Kier alpha value is -2.60. The molecule has 0 bridgehead atoms. The van der Waals surface area contributed by atoms with Gasteiger partial charge in [0, 0.05) is 30.5 Å². The minimum absolute atomic E-state index is 0.393. The molecular weight excluding hydrogens is 329 g/mol. The van der Waals surface area contributed by atoms with Gasteiger partial charge in [-0.05, 0) is 48.8 Å². The number of hydrogen-bond acceptors (Lipinski definition) is 5. The van der Waals surface area contributed by atoms with Crippen molar-refractivity contribution in [2.75, 3.05) is 12.4 Å². The number of pyridine rings is 1. The molecule has 1 aliphatic rings. The number of hydrogen-bond donors (Lipinski definition) is 3. The van der Waals surface area contributed by atoms with Crippen molar-refractivity contribution in [1.82, 2.24) is 9.99 Å². The highest BCUT2D eigenvalue weighted by Crippen LogP contribution is 2.37. The van der Waals surface area contributed by atoms with Gasteiger partial charge in [-0.3, -0.25) is 0 Å². The van der Waals surface area contributed by atoms with Crippen molar-refractivity contribution >= 4 is 22.3 Å². The van der Waals surface area contributed by atoms with Gasteiger partial charge in [0.2, 0.25) is 0 Å². The van der Waals surface area contributed by atoms with Crippen LogP contribution >= 0.6 is 0 Å². The molecule has 0 radical (unpaired) electrons. The lowest BCUT2D eigenvalue weighted by Crippen LogP contribution is -2.31. The van der Waals surface area contributed by atoms with Gasteiger partial charge in [0.05, 0.1) is 5.70 Å². The Bertz CT molecular complexity index is 837. The average Bonchev–Trinajstić information content (AvgIpc) is 2.61. The number of nitrogens with two attached hydrogens (primary N) is 2. The average molecular weight is 355 g/mol. The van der Waals surface area contributed by atoms with Crippen LogP contribution in [0.15, 0.2) is 48.9 Å². The van der Waals surface area contributed by atoms with Crippen LogP contribution in [0.3, 0.4) is 0 Å². The highest BCUT2D eigenvalue weighted by atomic mass is 19.1. The zero-order valence-corrected chi connectivity index (χ0v) is 15.1. The van der Waals surface area contributed by atoms with E-state index in [1.807, 2.05) is 24.3 Å². The maximum Gasteiger partial charge on any atom is 0.150 e. The second kappa shape index (κ2) is 7.33. The van der Waals surface area contributed by atoms with E-state index in [4.69, 9.17) is 11.6 Å². The standard InChI is InChI=1S/C20H26FN5/c1-14(20(21)8-4-3-5-9-20)25-19-11-17-10-15(18(22)13-26(2)23)6-7-16(17)12-24-19/h6-7,10-13H,1,3-5,8-9,22-23H2,2H3,(H,24,25)/b18-13-. The number of hydrazine groups is 1. The number of rotatable bonds is 5. The minimum atomic E-state index is -1.35. The summed E-state index contributed by atoms with van der Waals surface area (Å²) in [5, 5.41) is 6.42. The van der Waals surface area contributed by atoms with E-state index in [2.05, 4.69) is 16.9 Å². The van der Waals surface area contributed by atoms with E-state index in [1.165, 1.54) is 5.01 Å². The van der Waals surface area contributed by atoms with E-state index >= 15 is 4.39 Å². The summed E-state index contributed by atoms with van der Waals surface area (Å²) in [4.78, 5) is 4.38. The van der Waals surface area contributed by atoms with Crippen molar-refractivity contribution in [3.8, 4) is 0 Å². The van der Waals surface area contributed by atoms with Crippen LogP contribution in [-0.4, -0.2) is 22.7 Å². The van der Waals surface area contributed by atoms with Crippen molar-refractivity contribution in [3.05, 3.63) is 54.5 Å². The van der Waals surface area contributed by atoms with Crippen molar-refractivity contribution in [2.45, 2.75) is 37.8 Å². The molecule has 0 saturated heterocycles. The molecule has 0 aliphatic heterocycles. The molecule has 5 nitrogen and oxygen atoms in total. The van der Waals surface area contributed by atoms with E-state index in [-0.39, 0.29) is 0 Å². The summed E-state index contributed by atoms with van der Waals surface area (Å²) in [5.41, 5.74) is 6.53. The zero-order chi connectivity index (χ0) is 18.7. The highest BCUT2D eigenvalue weighted by Gasteiger charge is 2.35. The van der Waals surface area contributed by atoms with Gasteiger partial charge in [0.1, 0.15) is 11.5 Å². The van der Waals surface area contributed by atoms with Gasteiger partial charge in [-0.1, -0.05) is 25.1 Å². The first kappa shape index (κ1) is 18.2. The van der Waals surface area contributed by atoms with Crippen molar-refractivity contribution < 1.29 is 4.39 Å². The molecule has 6 heteroatoms. The Morgan fingerprint density at radius 3 is 2.69 bits per heavy atom. The third-order valence-corrected chi connectivity index (χ3v) is 4.86. The molecule has 3 rings (SSSR count). The molecule has 0 amide bonds. The molecule has 0 unspecified atom stereocenters. The molecule has 5 N–H and O–H groups in total. The number of allylic oxidation sites excluding steroid dienone is 1. The predicted octanol–water partition coefficient (Wildman–Crippen LogP) is 3.90. The lowest BCUT2D eigenvalue weighted by molar-refractivity contribution is 0.151. The second-order valence-corrected chi connectivity index (χ2v) is 7.01. The summed E-state index contributed by atoms with van der Waals surface area (Å²) in [6.07, 6.45) is 7.33. The number of alkyl halides is 1. The first-order valence-electron chi connectivity index (χ1n) is 8.88. The summed E-state index contributed by atoms with van der Waals surface area (Å²) in [6.45, 7) is 3.93. The van der Waals surface area contributed by atoms with E-state index < -0.39 is 5.67 Å². The largest absolute Gasteiger partial charge is 0.397 e. The molecule has 26 heavy (non-hydrogen) atoms. The number of nitrogens with zero attached hydrogens (tertiary/aromatic N) is 2. The van der Waals surface area contributed by atoms with Gasteiger partial charge in [-0.25, -0.2) is 15.2 Å². The molecule has 1 aromatic heterocycles. The molecule has 138 valence electrons. The number of benzene rings is 1. The Morgan fingerprint density at radius 1 is 1.27 bits per heavy atom. The van der Waals surface area contributed by atoms with Crippen LogP contribution in [0, 0.1) is 0 Å². The SMILES string of the molecule is C=C(Nc1cc2cc(/C(N)=C/N(C)N)ccc2cn1)C1(F)CCCCC1. The normalized spacial score (nSPS) is 17.1. The van der Waals surface area contributed by atoms with Crippen LogP contribution in [-0.2, 0) is 0 Å². The van der Waals surface area contributed by atoms with Gasteiger partial charge in [0.15, 0.2) is 0 Å². The number of fused-ring (bicyclic) bond motifs is 1. The monoisotopic (exact) mass is 355 g/mol. The lowest BCUT2D eigenvalue weighted by Gasteiger charge is -2.31. The number of halogens is 1. The van der Waals surface area contributed by atoms with E-state index in [9.17, 15) is 0 Å². The third kappa shape index (κ3) is 3.96. The summed E-state index contributed by atoms with van der Waals surface area (Å²) in [5.74, 6) is 6.20. The number of aromatic nitrogens is 1. The molecule has 2 aromatic rings. The maximum atomic E-state index is 15.0. The first-order chi connectivity index (χ1) is 12.4. The molecule has 1 fully saturated rings. The Kier molecular flexibility index (Phi) is 5.13. The Balaban J connectivity index is 1.84. The quantitative estimate of drug-likeness (QED) is 0.560. The van der Waals surface area contributed by atoms with Crippen LogP contribution in [0.2, 0.25) is 0 Å². The molecule has 0 atom stereocenters. The fraction of sp³-hybridized carbons (Fsp3) is 0.350. The molecule has 1 aliphatic carbocycles. The summed E-state index contributed by atoms with van der Waals surface area (Å²) < 4.78 is 15.0. The van der Waals surface area contributed by atoms with Crippen molar-refractivity contribution in [1.29, 1.82) is 0 Å². The zero-order valence-electron chi connectivity index (χ0n) is 15.1. The molecule has 1 aromatic carbocycles. The van der Waals surface area contributed by atoms with Crippen molar-refractivity contribution in [2.24, 2.45) is 11.6 Å². The van der Waals surface area contributed by atoms with Crippen LogP contribution in [0.25, 0.3) is 16.5 Å². The maximum absolute atomic E-state index is 15.0. The van der Waals surface area contributed by atoms with Crippen LogP contribution in [0.5, 0.6) is 0 Å². The van der Waals surface area contributed by atoms with E-state index in [1.54, 1.807) is 19.4 Å². The van der Waals surface area contributed by atoms with Gasteiger partial charge in [0.25, 0.3) is 0 Å². The van der Waals surface area contributed by atoms with Gasteiger partial charge >= 0.3 is 0 Å². The van der Waals surface area contributed by atoms with Crippen LogP contribution in [0.1, 0.15) is 37.7 Å². The second-order valence-electron chi connectivity index (χ2n) is 7.01. The number of anilines is 1. The van der Waals surface area contributed by atoms with Gasteiger partial charge < -0.3 is 16.1 Å². The minimum Gasteiger partial charge on any atom is -0.397 e. The van der Waals surface area contributed by atoms with Crippen molar-refractivity contribution in [3.63, 3.8) is 0 Å². The van der Waals surface area contributed by atoms with E-state index in [0.29, 0.717) is 30.1 Å². The van der Waals surface area contributed by atoms with Gasteiger partial charge in [-0.15, -0.1) is 0 Å². The fourth-order valence-electron chi connectivity index (χ4n) is 3.36. The lowest BCUT2D eigenvalue weighted by atomic mass is 9.84. The third-order valence-electron chi connectivity index (χ3n) is 4.86. The molecular formula is C20H26FN5. The Morgan fingerprint density at radius 2 is 2.00 bits per heavy atom. The number of nitrogens with one attached hydrogen (secondary N) is 1. The smallest absolute Gasteiger partial charge is 0.150 e. The first-order valence-corrected chi connectivity index (χ1v) is 8.88. The van der Waals surface area contributed by atoms with Gasteiger partial charge in [-0.2, -0.15) is 0 Å². The Labute approximate surface area is 153 Å². The summed E-state index contributed by atoms with van der Waals surface area (Å²) >= 11 is 0. The fourth-order valence-corrected chi connectivity index (χ4v) is 3.36. The van der Waals surface area contributed by atoms with Crippen LogP contribution < -0.4 is 16.9 Å². The van der Waals surface area contributed by atoms with Crippen LogP contribution in [0.4, 0.5) is 10.2 Å². The highest BCUT2D eigenvalue weighted by molar-refractivity contribution is 5.87. The molecule has 0 spiro atoms. The summed E-state index contributed by atoms with van der Waals surface area (Å²) in [6, 6.07) is 7.72. The predicted molar refractivity (Wildman–Crippen MR) is 106 cm³/mol. The van der Waals surface area contributed by atoms with E-state index in [0.717, 1.165) is 35.6 Å².